The SMILES string of the molecule is Cc1ccccc1/C(Cl)=N/N=C(\Cl)c1cccc(S(F)(F)(F)(F)F)c1. The molecule has 25 heavy (non-hydrogen) atoms. The maximum absolute atomic E-state index is 12.8. The summed E-state index contributed by atoms with van der Waals surface area (Å²) in [6, 6.07) is 9.36. The molecule has 0 aliphatic rings. The van der Waals surface area contributed by atoms with Crippen LogP contribution in [0.15, 0.2) is 63.6 Å². The summed E-state index contributed by atoms with van der Waals surface area (Å²) in [7, 11) is -9.80. The van der Waals surface area contributed by atoms with Crippen molar-refractivity contribution in [3.05, 3.63) is 65.2 Å². The monoisotopic (exact) mass is 416 g/mol. The fraction of sp³-hybridized carbons (Fsp3) is 0.0667. The standard InChI is InChI=1S/C15H11Cl2F5N2S/c1-10-5-2-3-8-13(10)15(17)24-23-14(16)11-6-4-7-12(9-11)25(18,19,20,21)22/h2-9H,1H3/b23-14-,24-15-. The Morgan fingerprint density at radius 2 is 1.44 bits per heavy atom. The van der Waals surface area contributed by atoms with Gasteiger partial charge in [-0.1, -0.05) is 79.0 Å². The highest BCUT2D eigenvalue weighted by Gasteiger charge is 2.65. The van der Waals surface area contributed by atoms with Crippen LogP contribution < -0.4 is 0 Å². The van der Waals surface area contributed by atoms with Gasteiger partial charge in [-0.25, -0.2) is 0 Å². The van der Waals surface area contributed by atoms with E-state index in [1.54, 1.807) is 31.2 Å². The molecule has 0 atom stereocenters. The second-order valence-corrected chi connectivity index (χ2v) is 8.22. The van der Waals surface area contributed by atoms with Crippen LogP contribution >= 0.6 is 33.4 Å². The second-order valence-electron chi connectivity index (χ2n) is 5.09. The molecule has 0 aromatic heterocycles. The topological polar surface area (TPSA) is 24.7 Å². The average Bonchev–Trinajstić information content (AvgIpc) is 2.50. The largest absolute Gasteiger partial charge is 0.310 e. The lowest BCUT2D eigenvalue weighted by Gasteiger charge is -2.40. The zero-order valence-corrected chi connectivity index (χ0v) is 14.9. The molecule has 136 valence electrons. The maximum atomic E-state index is 12.8. The molecular formula is C15H11Cl2F5N2S. The van der Waals surface area contributed by atoms with Crippen molar-refractivity contribution in [2.45, 2.75) is 11.8 Å². The van der Waals surface area contributed by atoms with Crippen LogP contribution in [0.4, 0.5) is 19.4 Å². The lowest BCUT2D eigenvalue weighted by molar-refractivity contribution is 0.364. The Balaban J connectivity index is 2.39. The van der Waals surface area contributed by atoms with Gasteiger partial charge < -0.3 is 0 Å². The molecule has 0 amide bonds. The zero-order chi connectivity index (χ0) is 18.9. The molecule has 0 saturated carbocycles. The van der Waals surface area contributed by atoms with Crippen molar-refractivity contribution in [3.63, 3.8) is 0 Å². The first-order valence-electron chi connectivity index (χ1n) is 6.65. The molecular weight excluding hydrogens is 406 g/mol. The molecule has 2 aromatic rings. The molecule has 0 unspecified atom stereocenters. The molecule has 2 nitrogen and oxygen atoms in total. The Morgan fingerprint density at radius 3 is 2.04 bits per heavy atom. The van der Waals surface area contributed by atoms with Crippen LogP contribution in [0.2, 0.25) is 0 Å². The van der Waals surface area contributed by atoms with Crippen molar-refractivity contribution in [2.24, 2.45) is 10.2 Å². The molecule has 2 rings (SSSR count). The first-order chi connectivity index (χ1) is 11.3. The summed E-state index contributed by atoms with van der Waals surface area (Å²) < 4.78 is 64.2. The molecule has 0 aliphatic heterocycles. The summed E-state index contributed by atoms with van der Waals surface area (Å²) in [5.41, 5.74) is 0.994. The van der Waals surface area contributed by atoms with Crippen LogP contribution in [0.5, 0.6) is 0 Å². The van der Waals surface area contributed by atoms with Crippen molar-refractivity contribution < 1.29 is 19.4 Å². The molecule has 0 spiro atoms. The van der Waals surface area contributed by atoms with Crippen LogP contribution in [-0.4, -0.2) is 10.3 Å². The van der Waals surface area contributed by atoms with E-state index in [9.17, 15) is 19.4 Å². The maximum Gasteiger partial charge on any atom is 0.310 e. The number of hydrogen-bond donors (Lipinski definition) is 0. The first kappa shape index (κ1) is 19.7. The van der Waals surface area contributed by atoms with Crippen molar-refractivity contribution in [1.29, 1.82) is 0 Å². The highest BCUT2D eigenvalue weighted by Crippen LogP contribution is 3.02. The Hall–Kier alpha value is -1.64. The van der Waals surface area contributed by atoms with Crippen LogP contribution in [-0.2, 0) is 0 Å². The van der Waals surface area contributed by atoms with Gasteiger partial charge in [-0.05, 0) is 24.6 Å². The van der Waals surface area contributed by atoms with Crippen molar-refractivity contribution >= 4 is 43.8 Å². The van der Waals surface area contributed by atoms with Gasteiger partial charge in [0.05, 0.1) is 0 Å². The summed E-state index contributed by atoms with van der Waals surface area (Å²) in [5, 5.41) is 6.61. The van der Waals surface area contributed by atoms with Gasteiger partial charge in [-0.3, -0.25) is 0 Å². The smallest absolute Gasteiger partial charge is 0.136 e. The normalized spacial score (nSPS) is 16.3. The number of aryl methyl sites for hydroxylation is 1. The van der Waals surface area contributed by atoms with Crippen LogP contribution in [0.25, 0.3) is 0 Å². The fourth-order valence-corrected chi connectivity index (χ4v) is 2.96. The van der Waals surface area contributed by atoms with Gasteiger partial charge in [0.1, 0.15) is 4.90 Å². The Bertz CT molecular complexity index is 879. The van der Waals surface area contributed by atoms with Gasteiger partial charge in [-0.15, -0.1) is 10.2 Å². The van der Waals surface area contributed by atoms with Gasteiger partial charge in [-0.2, -0.15) is 0 Å². The molecule has 0 fully saturated rings. The number of halogens is 7. The Labute approximate surface area is 150 Å². The summed E-state index contributed by atoms with van der Waals surface area (Å²) in [6.07, 6.45) is 0. The molecule has 0 aliphatic carbocycles. The molecule has 0 bridgehead atoms. The van der Waals surface area contributed by atoms with Gasteiger partial charge in [0.25, 0.3) is 0 Å². The van der Waals surface area contributed by atoms with Crippen molar-refractivity contribution in [1.82, 2.24) is 0 Å². The molecule has 0 saturated heterocycles. The molecule has 0 heterocycles. The summed E-state index contributed by atoms with van der Waals surface area (Å²) in [6.45, 7) is 1.77. The van der Waals surface area contributed by atoms with E-state index in [0.717, 1.165) is 17.7 Å². The van der Waals surface area contributed by atoms with E-state index in [2.05, 4.69) is 10.2 Å². The van der Waals surface area contributed by atoms with E-state index in [1.165, 1.54) is 0 Å². The van der Waals surface area contributed by atoms with Gasteiger partial charge in [0.2, 0.25) is 0 Å². The second kappa shape index (κ2) is 5.96. The lowest BCUT2D eigenvalue weighted by atomic mass is 10.1. The van der Waals surface area contributed by atoms with E-state index in [4.69, 9.17) is 23.2 Å². The number of benzene rings is 2. The molecule has 2 aromatic carbocycles. The predicted molar refractivity (Wildman–Crippen MR) is 93.8 cm³/mol. The van der Waals surface area contributed by atoms with E-state index >= 15 is 0 Å². The van der Waals surface area contributed by atoms with E-state index in [0.29, 0.717) is 5.56 Å². The van der Waals surface area contributed by atoms with Crippen LogP contribution in [0.3, 0.4) is 0 Å². The van der Waals surface area contributed by atoms with E-state index in [-0.39, 0.29) is 22.9 Å². The highest BCUT2D eigenvalue weighted by atomic mass is 35.5. The predicted octanol–water partition coefficient (Wildman–Crippen LogP) is 7.24. The van der Waals surface area contributed by atoms with Crippen molar-refractivity contribution in [2.75, 3.05) is 0 Å². The molecule has 10 heteroatoms. The minimum atomic E-state index is -9.80. The molecule has 0 N–H and O–H groups in total. The highest BCUT2D eigenvalue weighted by molar-refractivity contribution is 8.45. The minimum absolute atomic E-state index is 0.0416. The van der Waals surface area contributed by atoms with E-state index in [1.807, 2.05) is 0 Å². The quantitative estimate of drug-likeness (QED) is 0.285. The summed E-state index contributed by atoms with van der Waals surface area (Å²) in [4.78, 5) is -2.06. The number of rotatable bonds is 4. The summed E-state index contributed by atoms with van der Waals surface area (Å²) in [5.74, 6) is 0. The van der Waals surface area contributed by atoms with Gasteiger partial charge in [0, 0.05) is 11.1 Å². The zero-order valence-electron chi connectivity index (χ0n) is 12.6. The molecule has 0 radical (unpaired) electrons. The third kappa shape index (κ3) is 5.17. The average molecular weight is 417 g/mol. The third-order valence-electron chi connectivity index (χ3n) is 3.11. The van der Waals surface area contributed by atoms with Crippen molar-refractivity contribution in [3.8, 4) is 0 Å². The van der Waals surface area contributed by atoms with Gasteiger partial charge >= 0.3 is 10.2 Å². The van der Waals surface area contributed by atoms with Crippen LogP contribution in [0.1, 0.15) is 16.7 Å². The lowest BCUT2D eigenvalue weighted by Crippen LogP contribution is -2.07. The number of hydrogen-bond acceptors (Lipinski definition) is 2. The first-order valence-corrected chi connectivity index (χ1v) is 9.36. The Kier molecular flexibility index (Phi) is 4.69. The van der Waals surface area contributed by atoms with Gasteiger partial charge in [0.15, 0.2) is 10.3 Å². The fourth-order valence-electron chi connectivity index (χ4n) is 1.87. The minimum Gasteiger partial charge on any atom is -0.136 e. The van der Waals surface area contributed by atoms with E-state index < -0.39 is 20.3 Å². The Morgan fingerprint density at radius 1 is 0.840 bits per heavy atom. The summed E-state index contributed by atoms with van der Waals surface area (Å²) >= 11 is 11.8. The van der Waals surface area contributed by atoms with Crippen LogP contribution in [0, 0.1) is 6.92 Å². The number of nitrogens with zero attached hydrogens (tertiary/aromatic N) is 2. The third-order valence-corrected chi connectivity index (χ3v) is 4.83.